The Morgan fingerprint density at radius 2 is 2.24 bits per heavy atom. The van der Waals surface area contributed by atoms with Gasteiger partial charge in [0.2, 0.25) is 0 Å². The molecule has 1 aliphatic heterocycles. The van der Waals surface area contributed by atoms with Crippen LogP contribution in [0.2, 0.25) is 0 Å². The molecule has 94 valence electrons. The maximum absolute atomic E-state index is 6.25. The average molecular weight is 251 g/mol. The molecule has 0 bridgehead atoms. The van der Waals surface area contributed by atoms with Gasteiger partial charge in [-0.2, -0.15) is 0 Å². The minimum absolute atomic E-state index is 0.245. The highest BCUT2D eigenvalue weighted by atomic mass is 32.1. The normalized spacial score (nSPS) is 32.8. The fraction of sp³-hybridized carbons (Fsp3) is 0.714. The lowest BCUT2D eigenvalue weighted by Crippen LogP contribution is -2.36. The molecule has 0 radical (unpaired) electrons. The maximum Gasteiger partial charge on any atom is 0.107 e. The van der Waals surface area contributed by atoms with E-state index in [2.05, 4.69) is 29.8 Å². The summed E-state index contributed by atoms with van der Waals surface area (Å²) < 4.78 is 6.25. The van der Waals surface area contributed by atoms with E-state index in [0.717, 1.165) is 13.2 Å². The number of rotatable bonds is 1. The van der Waals surface area contributed by atoms with Crippen LogP contribution in [0.5, 0.6) is 0 Å². The van der Waals surface area contributed by atoms with E-state index in [1.807, 2.05) is 11.3 Å². The fourth-order valence-corrected chi connectivity index (χ4v) is 4.05. The van der Waals surface area contributed by atoms with Crippen molar-refractivity contribution in [1.82, 2.24) is 5.32 Å². The van der Waals surface area contributed by atoms with Crippen LogP contribution in [0.15, 0.2) is 17.5 Å². The van der Waals surface area contributed by atoms with Crippen LogP contribution in [0.25, 0.3) is 0 Å². The van der Waals surface area contributed by atoms with Crippen LogP contribution in [0.3, 0.4) is 0 Å². The fourth-order valence-electron chi connectivity index (χ4n) is 3.17. The Bertz CT molecular complexity index is 356. The molecule has 1 spiro atoms. The summed E-state index contributed by atoms with van der Waals surface area (Å²) in [5.74, 6) is 0. The molecule has 1 saturated carbocycles. The zero-order valence-corrected chi connectivity index (χ0v) is 11.3. The van der Waals surface area contributed by atoms with Gasteiger partial charge in [-0.05, 0) is 31.2 Å². The predicted octanol–water partition coefficient (Wildman–Crippen LogP) is 3.36. The van der Waals surface area contributed by atoms with E-state index in [-0.39, 0.29) is 6.10 Å². The summed E-state index contributed by atoms with van der Waals surface area (Å²) in [6.07, 6.45) is 5.68. The number of hydrogen-bond acceptors (Lipinski definition) is 3. The van der Waals surface area contributed by atoms with Gasteiger partial charge in [0.15, 0.2) is 0 Å². The van der Waals surface area contributed by atoms with Gasteiger partial charge in [-0.25, -0.2) is 0 Å². The van der Waals surface area contributed by atoms with Gasteiger partial charge in [0.05, 0.1) is 6.61 Å². The number of nitrogens with one attached hydrogen (secondary N) is 1. The van der Waals surface area contributed by atoms with Gasteiger partial charge in [-0.1, -0.05) is 18.9 Å². The first-order chi connectivity index (χ1) is 8.29. The molecule has 2 unspecified atom stereocenters. The lowest BCUT2D eigenvalue weighted by Gasteiger charge is -2.26. The van der Waals surface area contributed by atoms with E-state index in [4.69, 9.17) is 4.74 Å². The van der Waals surface area contributed by atoms with Crippen molar-refractivity contribution in [3.63, 3.8) is 0 Å². The van der Waals surface area contributed by atoms with Gasteiger partial charge in [0.1, 0.15) is 6.10 Å². The van der Waals surface area contributed by atoms with Crippen molar-refractivity contribution >= 4 is 11.3 Å². The quantitative estimate of drug-likeness (QED) is 0.826. The first kappa shape index (κ1) is 11.7. The van der Waals surface area contributed by atoms with Crippen LogP contribution in [0.1, 0.15) is 43.6 Å². The Labute approximate surface area is 107 Å². The van der Waals surface area contributed by atoms with Crippen LogP contribution < -0.4 is 5.32 Å². The molecular formula is C14H21NOS. The first-order valence-electron chi connectivity index (χ1n) is 6.68. The van der Waals surface area contributed by atoms with Crippen molar-refractivity contribution in [2.45, 2.75) is 44.8 Å². The van der Waals surface area contributed by atoms with Crippen molar-refractivity contribution < 1.29 is 4.74 Å². The molecule has 1 saturated heterocycles. The van der Waals surface area contributed by atoms with Gasteiger partial charge < -0.3 is 10.1 Å². The Balaban J connectivity index is 1.75. The molecule has 0 aromatic carbocycles. The van der Waals surface area contributed by atoms with Crippen LogP contribution in [-0.2, 0) is 4.74 Å². The molecule has 1 aliphatic carbocycles. The molecule has 2 fully saturated rings. The summed E-state index contributed by atoms with van der Waals surface area (Å²) in [5, 5.41) is 5.84. The van der Waals surface area contributed by atoms with E-state index in [1.54, 1.807) is 0 Å². The molecule has 1 aromatic rings. The van der Waals surface area contributed by atoms with Crippen LogP contribution in [-0.4, -0.2) is 19.2 Å². The summed E-state index contributed by atoms with van der Waals surface area (Å²) in [6, 6.07) is 4.74. The van der Waals surface area contributed by atoms with Gasteiger partial charge in [0.25, 0.3) is 0 Å². The van der Waals surface area contributed by atoms with Crippen molar-refractivity contribution in [2.75, 3.05) is 13.2 Å². The summed E-state index contributed by atoms with van der Waals surface area (Å²) >= 11 is 1.81. The molecule has 2 heterocycles. The molecule has 3 heteroatoms. The third kappa shape index (κ3) is 2.28. The molecule has 2 aliphatic rings. The lowest BCUT2D eigenvalue weighted by molar-refractivity contribution is 0.00597. The van der Waals surface area contributed by atoms with Crippen LogP contribution in [0, 0.1) is 5.41 Å². The topological polar surface area (TPSA) is 21.3 Å². The highest BCUT2D eigenvalue weighted by Gasteiger charge is 2.38. The van der Waals surface area contributed by atoms with Crippen molar-refractivity contribution in [3.05, 3.63) is 22.4 Å². The highest BCUT2D eigenvalue weighted by molar-refractivity contribution is 7.10. The van der Waals surface area contributed by atoms with Gasteiger partial charge in [0, 0.05) is 22.9 Å². The first-order valence-corrected chi connectivity index (χ1v) is 7.55. The van der Waals surface area contributed by atoms with Gasteiger partial charge in [-0.3, -0.25) is 0 Å². The van der Waals surface area contributed by atoms with Crippen molar-refractivity contribution in [1.29, 1.82) is 0 Å². The van der Waals surface area contributed by atoms with E-state index < -0.39 is 0 Å². The second-order valence-electron chi connectivity index (χ2n) is 5.62. The molecular weight excluding hydrogens is 230 g/mol. The maximum atomic E-state index is 6.25. The molecule has 0 amide bonds. The SMILES string of the molecule is CC1NCC2(CCCC2)COC1c1cccs1. The second kappa shape index (κ2) is 4.71. The Kier molecular flexibility index (Phi) is 3.24. The molecule has 3 rings (SSSR count). The summed E-state index contributed by atoms with van der Waals surface area (Å²) in [5.41, 5.74) is 0.431. The predicted molar refractivity (Wildman–Crippen MR) is 71.4 cm³/mol. The third-order valence-electron chi connectivity index (χ3n) is 4.31. The zero-order valence-electron chi connectivity index (χ0n) is 10.4. The zero-order chi connectivity index (χ0) is 11.7. The third-order valence-corrected chi connectivity index (χ3v) is 5.24. The van der Waals surface area contributed by atoms with E-state index in [0.29, 0.717) is 11.5 Å². The molecule has 2 atom stereocenters. The average Bonchev–Trinajstić information content (AvgIpc) is 2.96. The summed E-state index contributed by atoms with van der Waals surface area (Å²) in [7, 11) is 0. The van der Waals surface area contributed by atoms with Crippen LogP contribution in [0.4, 0.5) is 0 Å². The standard InChI is InChI=1S/C14H21NOS/c1-11-13(12-5-4-8-17-12)16-10-14(9-15-11)6-2-3-7-14/h4-5,8,11,13,15H,2-3,6-7,9-10H2,1H3. The van der Waals surface area contributed by atoms with Crippen molar-refractivity contribution in [3.8, 4) is 0 Å². The Morgan fingerprint density at radius 3 is 2.94 bits per heavy atom. The smallest absolute Gasteiger partial charge is 0.107 e. The Hall–Kier alpha value is -0.380. The summed E-state index contributed by atoms with van der Waals surface area (Å²) in [4.78, 5) is 1.36. The van der Waals surface area contributed by atoms with Gasteiger partial charge >= 0.3 is 0 Å². The van der Waals surface area contributed by atoms with E-state index >= 15 is 0 Å². The number of thiophene rings is 1. The van der Waals surface area contributed by atoms with Crippen molar-refractivity contribution in [2.24, 2.45) is 5.41 Å². The number of ether oxygens (including phenoxy) is 1. The molecule has 2 nitrogen and oxygen atoms in total. The monoisotopic (exact) mass is 251 g/mol. The summed E-state index contributed by atoms with van der Waals surface area (Å²) in [6.45, 7) is 4.32. The van der Waals surface area contributed by atoms with Gasteiger partial charge in [-0.15, -0.1) is 11.3 Å². The molecule has 1 aromatic heterocycles. The van der Waals surface area contributed by atoms with E-state index in [9.17, 15) is 0 Å². The Morgan fingerprint density at radius 1 is 1.41 bits per heavy atom. The number of hydrogen-bond donors (Lipinski definition) is 1. The highest BCUT2D eigenvalue weighted by Crippen LogP contribution is 2.41. The second-order valence-corrected chi connectivity index (χ2v) is 6.60. The van der Waals surface area contributed by atoms with Crippen LogP contribution >= 0.6 is 11.3 Å². The molecule has 17 heavy (non-hydrogen) atoms. The van der Waals surface area contributed by atoms with E-state index in [1.165, 1.54) is 30.6 Å². The minimum Gasteiger partial charge on any atom is -0.370 e. The minimum atomic E-state index is 0.245. The largest absolute Gasteiger partial charge is 0.370 e. The molecule has 1 N–H and O–H groups in total. The lowest BCUT2D eigenvalue weighted by atomic mass is 9.87.